The van der Waals surface area contributed by atoms with Crippen molar-refractivity contribution in [3.8, 4) is 0 Å². The zero-order valence-electron chi connectivity index (χ0n) is 10.3. The van der Waals surface area contributed by atoms with E-state index in [9.17, 15) is 8.42 Å². The third-order valence-corrected chi connectivity index (χ3v) is 5.27. The van der Waals surface area contributed by atoms with E-state index in [1.807, 2.05) is 13.8 Å². The molecule has 3 N–H and O–H groups in total. The zero-order chi connectivity index (χ0) is 13.8. The number of nitrogen functional groups attached to an aromatic ring is 1. The van der Waals surface area contributed by atoms with Crippen LogP contribution in [0.2, 0.25) is 5.02 Å². The predicted octanol–water partition coefficient (Wildman–Crippen LogP) is 2.34. The Morgan fingerprint density at radius 2 is 2.17 bits per heavy atom. The van der Waals surface area contributed by atoms with Crippen molar-refractivity contribution in [2.75, 3.05) is 17.2 Å². The lowest BCUT2D eigenvalue weighted by Gasteiger charge is -2.14. The van der Waals surface area contributed by atoms with Crippen molar-refractivity contribution in [1.82, 2.24) is 4.72 Å². The molecule has 0 aromatic heterocycles. The van der Waals surface area contributed by atoms with E-state index in [4.69, 9.17) is 17.3 Å². The molecule has 1 unspecified atom stereocenters. The molecular weight excluding hydrogens is 292 g/mol. The minimum atomic E-state index is -3.53. The van der Waals surface area contributed by atoms with Gasteiger partial charge in [0.25, 0.3) is 0 Å². The number of nitrogens with one attached hydrogen (secondary N) is 1. The second kappa shape index (κ2) is 6.65. The molecule has 0 fully saturated rings. The number of nitrogens with two attached hydrogens (primary N) is 1. The minimum Gasteiger partial charge on any atom is -0.398 e. The van der Waals surface area contributed by atoms with Gasteiger partial charge in [0, 0.05) is 11.8 Å². The van der Waals surface area contributed by atoms with Crippen LogP contribution in [-0.4, -0.2) is 26.0 Å². The molecule has 0 aliphatic rings. The van der Waals surface area contributed by atoms with Crippen LogP contribution >= 0.6 is 23.4 Å². The maximum atomic E-state index is 12.0. The van der Waals surface area contributed by atoms with Crippen LogP contribution in [-0.2, 0) is 10.0 Å². The SMILES string of the molecule is CCSCC(C)NS(=O)(=O)c1ccc(N)c(Cl)c1. The fourth-order valence-electron chi connectivity index (χ4n) is 1.34. The highest BCUT2D eigenvalue weighted by atomic mass is 35.5. The Kier molecular flexibility index (Phi) is 5.78. The fourth-order valence-corrected chi connectivity index (χ4v) is 3.63. The molecule has 0 aliphatic carbocycles. The zero-order valence-corrected chi connectivity index (χ0v) is 12.7. The van der Waals surface area contributed by atoms with Crippen molar-refractivity contribution in [2.45, 2.75) is 24.8 Å². The Labute approximate surface area is 117 Å². The third-order valence-electron chi connectivity index (χ3n) is 2.21. The summed E-state index contributed by atoms with van der Waals surface area (Å²) in [6, 6.07) is 4.17. The second-order valence-electron chi connectivity index (χ2n) is 3.87. The molecule has 0 bridgehead atoms. The molecule has 0 amide bonds. The standard InChI is InChI=1S/C11H17ClN2O2S2/c1-3-17-7-8(2)14-18(15,16)9-4-5-11(13)10(12)6-9/h4-6,8,14H,3,7,13H2,1-2H3. The van der Waals surface area contributed by atoms with Gasteiger partial charge in [0.2, 0.25) is 10.0 Å². The van der Waals surface area contributed by atoms with E-state index < -0.39 is 10.0 Å². The van der Waals surface area contributed by atoms with Crippen molar-refractivity contribution in [3.63, 3.8) is 0 Å². The van der Waals surface area contributed by atoms with Crippen molar-refractivity contribution in [1.29, 1.82) is 0 Å². The van der Waals surface area contributed by atoms with E-state index in [0.717, 1.165) is 11.5 Å². The van der Waals surface area contributed by atoms with Gasteiger partial charge in [-0.05, 0) is 30.9 Å². The molecule has 0 spiro atoms. The number of thioether (sulfide) groups is 1. The summed E-state index contributed by atoms with van der Waals surface area (Å²) < 4.78 is 26.7. The molecule has 102 valence electrons. The molecule has 0 heterocycles. The highest BCUT2D eigenvalue weighted by Gasteiger charge is 2.18. The smallest absolute Gasteiger partial charge is 0.240 e. The van der Waals surface area contributed by atoms with E-state index >= 15 is 0 Å². The summed E-state index contributed by atoms with van der Waals surface area (Å²) >= 11 is 7.50. The fraction of sp³-hybridized carbons (Fsp3) is 0.455. The van der Waals surface area contributed by atoms with Crippen molar-refractivity contribution < 1.29 is 8.42 Å². The van der Waals surface area contributed by atoms with E-state index in [-0.39, 0.29) is 16.0 Å². The molecular formula is C11H17ClN2O2S2. The number of anilines is 1. The number of sulfonamides is 1. The van der Waals surface area contributed by atoms with Gasteiger partial charge in [0.1, 0.15) is 0 Å². The molecule has 18 heavy (non-hydrogen) atoms. The van der Waals surface area contributed by atoms with Crippen LogP contribution in [0.25, 0.3) is 0 Å². The molecule has 0 saturated carbocycles. The first kappa shape index (κ1) is 15.6. The maximum Gasteiger partial charge on any atom is 0.240 e. The first-order valence-electron chi connectivity index (χ1n) is 5.52. The lowest BCUT2D eigenvalue weighted by atomic mass is 10.3. The van der Waals surface area contributed by atoms with E-state index in [1.165, 1.54) is 18.2 Å². The maximum absolute atomic E-state index is 12.0. The number of rotatable bonds is 6. The lowest BCUT2D eigenvalue weighted by Crippen LogP contribution is -2.34. The minimum absolute atomic E-state index is 0.128. The lowest BCUT2D eigenvalue weighted by molar-refractivity contribution is 0.571. The van der Waals surface area contributed by atoms with E-state index in [0.29, 0.717) is 5.69 Å². The number of hydrogen-bond acceptors (Lipinski definition) is 4. The van der Waals surface area contributed by atoms with Gasteiger partial charge in [-0.2, -0.15) is 11.8 Å². The van der Waals surface area contributed by atoms with Crippen LogP contribution in [0.1, 0.15) is 13.8 Å². The average Bonchev–Trinajstić information content (AvgIpc) is 2.29. The molecule has 4 nitrogen and oxygen atoms in total. The van der Waals surface area contributed by atoms with Gasteiger partial charge >= 0.3 is 0 Å². The summed E-state index contributed by atoms with van der Waals surface area (Å²) in [6.45, 7) is 3.87. The highest BCUT2D eigenvalue weighted by molar-refractivity contribution is 7.99. The Bertz CT molecular complexity index is 506. The first-order valence-corrected chi connectivity index (χ1v) is 8.53. The van der Waals surface area contributed by atoms with Crippen LogP contribution in [0.4, 0.5) is 5.69 Å². The molecule has 0 saturated heterocycles. The van der Waals surface area contributed by atoms with Gasteiger partial charge in [0.15, 0.2) is 0 Å². The normalized spacial score (nSPS) is 13.5. The second-order valence-corrected chi connectivity index (χ2v) is 7.31. The topological polar surface area (TPSA) is 72.2 Å². The largest absolute Gasteiger partial charge is 0.398 e. The molecule has 1 atom stereocenters. The quantitative estimate of drug-likeness (QED) is 0.791. The third kappa shape index (κ3) is 4.35. The molecule has 0 radical (unpaired) electrons. The molecule has 7 heteroatoms. The monoisotopic (exact) mass is 308 g/mol. The van der Waals surface area contributed by atoms with Gasteiger partial charge in [0.05, 0.1) is 15.6 Å². The molecule has 1 aromatic carbocycles. The summed E-state index contributed by atoms with van der Waals surface area (Å²) in [5.41, 5.74) is 5.91. The number of benzene rings is 1. The Morgan fingerprint density at radius 1 is 1.50 bits per heavy atom. The molecule has 1 aromatic rings. The Hall–Kier alpha value is -0.430. The van der Waals surface area contributed by atoms with Gasteiger partial charge in [-0.3, -0.25) is 0 Å². The van der Waals surface area contributed by atoms with Crippen LogP contribution in [0.5, 0.6) is 0 Å². The Balaban J connectivity index is 2.83. The van der Waals surface area contributed by atoms with Crippen LogP contribution in [0, 0.1) is 0 Å². The van der Waals surface area contributed by atoms with Gasteiger partial charge in [-0.15, -0.1) is 0 Å². The highest BCUT2D eigenvalue weighted by Crippen LogP contribution is 2.22. The summed E-state index contributed by atoms with van der Waals surface area (Å²) in [7, 11) is -3.53. The van der Waals surface area contributed by atoms with Crippen molar-refractivity contribution in [2.24, 2.45) is 0 Å². The number of hydrogen-bond donors (Lipinski definition) is 2. The molecule has 0 aliphatic heterocycles. The summed E-state index contributed by atoms with van der Waals surface area (Å²) in [5.74, 6) is 1.69. The van der Waals surface area contributed by atoms with Gasteiger partial charge < -0.3 is 5.73 Å². The first-order chi connectivity index (χ1) is 8.36. The van der Waals surface area contributed by atoms with E-state index in [2.05, 4.69) is 4.72 Å². The van der Waals surface area contributed by atoms with Crippen LogP contribution in [0.15, 0.2) is 23.1 Å². The van der Waals surface area contributed by atoms with Crippen molar-refractivity contribution in [3.05, 3.63) is 23.2 Å². The van der Waals surface area contributed by atoms with Crippen LogP contribution < -0.4 is 10.5 Å². The average molecular weight is 309 g/mol. The summed E-state index contributed by atoms with van der Waals surface area (Å²) in [6.07, 6.45) is 0. The van der Waals surface area contributed by atoms with Gasteiger partial charge in [-0.25, -0.2) is 13.1 Å². The van der Waals surface area contributed by atoms with E-state index in [1.54, 1.807) is 11.8 Å². The van der Waals surface area contributed by atoms with Gasteiger partial charge in [-0.1, -0.05) is 18.5 Å². The Morgan fingerprint density at radius 3 is 2.72 bits per heavy atom. The summed E-state index contributed by atoms with van der Waals surface area (Å²) in [5, 5.41) is 0.244. The number of halogens is 1. The summed E-state index contributed by atoms with van der Waals surface area (Å²) in [4.78, 5) is 0.134. The van der Waals surface area contributed by atoms with Crippen LogP contribution in [0.3, 0.4) is 0 Å². The van der Waals surface area contributed by atoms with Crippen molar-refractivity contribution >= 4 is 39.1 Å². The molecule has 1 rings (SSSR count). The predicted molar refractivity (Wildman–Crippen MR) is 78.6 cm³/mol.